The van der Waals surface area contributed by atoms with Gasteiger partial charge in [0.1, 0.15) is 11.4 Å². The minimum Gasteiger partial charge on any atom is -0.444 e. The number of pyridine rings is 1. The highest BCUT2D eigenvalue weighted by molar-refractivity contribution is 5.82. The highest BCUT2D eigenvalue weighted by Gasteiger charge is 2.33. The fraction of sp³-hybridized carbons (Fsp3) is 0.562. The maximum absolute atomic E-state index is 12.3. The van der Waals surface area contributed by atoms with E-state index in [1.54, 1.807) is 11.1 Å². The van der Waals surface area contributed by atoms with Crippen molar-refractivity contribution in [3.05, 3.63) is 30.1 Å². The highest BCUT2D eigenvalue weighted by atomic mass is 16.6. The zero-order valence-corrected chi connectivity index (χ0v) is 12.8. The second-order valence-electron chi connectivity index (χ2n) is 6.35. The Kier molecular flexibility index (Phi) is 4.60. The van der Waals surface area contributed by atoms with Gasteiger partial charge < -0.3 is 9.64 Å². The summed E-state index contributed by atoms with van der Waals surface area (Å²) in [4.78, 5) is 30.0. The molecule has 114 valence electrons. The Morgan fingerprint density at radius 1 is 1.43 bits per heavy atom. The van der Waals surface area contributed by atoms with Crippen LogP contribution in [0.25, 0.3) is 0 Å². The van der Waals surface area contributed by atoms with Crippen LogP contribution in [0.15, 0.2) is 24.4 Å². The van der Waals surface area contributed by atoms with Crippen molar-refractivity contribution in [1.29, 1.82) is 0 Å². The summed E-state index contributed by atoms with van der Waals surface area (Å²) in [5.41, 5.74) is 0.347. The average molecular weight is 290 g/mol. The van der Waals surface area contributed by atoms with Crippen molar-refractivity contribution in [3.8, 4) is 0 Å². The maximum Gasteiger partial charge on any atom is 0.410 e. The molecule has 1 aliphatic rings. The Morgan fingerprint density at radius 3 is 2.81 bits per heavy atom. The van der Waals surface area contributed by atoms with Gasteiger partial charge in [0.2, 0.25) is 0 Å². The molecule has 1 aromatic rings. The molecule has 1 aromatic heterocycles. The number of carbonyl (C=O) groups excluding carboxylic acids is 2. The van der Waals surface area contributed by atoms with Crippen LogP contribution in [-0.4, -0.2) is 39.9 Å². The van der Waals surface area contributed by atoms with E-state index in [-0.39, 0.29) is 17.9 Å². The van der Waals surface area contributed by atoms with Crippen LogP contribution in [0.5, 0.6) is 0 Å². The SMILES string of the molecule is CC(C)(C)OC(=O)N1CCC(=O)CC1Cc1ccccn1. The van der Waals surface area contributed by atoms with Gasteiger partial charge in [0, 0.05) is 43.7 Å². The summed E-state index contributed by atoms with van der Waals surface area (Å²) in [5, 5.41) is 0. The number of aromatic nitrogens is 1. The molecule has 0 N–H and O–H groups in total. The van der Waals surface area contributed by atoms with Gasteiger partial charge in [0.05, 0.1) is 0 Å². The number of amides is 1. The number of likely N-dealkylation sites (tertiary alicyclic amines) is 1. The molecular formula is C16H22N2O3. The number of piperidine rings is 1. The predicted molar refractivity (Wildman–Crippen MR) is 78.9 cm³/mol. The number of rotatable bonds is 2. The van der Waals surface area contributed by atoms with Gasteiger partial charge in [-0.05, 0) is 32.9 Å². The summed E-state index contributed by atoms with van der Waals surface area (Å²) >= 11 is 0. The summed E-state index contributed by atoms with van der Waals surface area (Å²) in [6.07, 6.45) is 2.72. The molecule has 5 nitrogen and oxygen atoms in total. The monoisotopic (exact) mass is 290 g/mol. The molecule has 5 heteroatoms. The van der Waals surface area contributed by atoms with E-state index in [4.69, 9.17) is 4.74 Å². The van der Waals surface area contributed by atoms with Crippen LogP contribution in [0.4, 0.5) is 4.79 Å². The minimum absolute atomic E-state index is 0.170. The minimum atomic E-state index is -0.534. The molecule has 1 saturated heterocycles. The van der Waals surface area contributed by atoms with Gasteiger partial charge >= 0.3 is 6.09 Å². The lowest BCUT2D eigenvalue weighted by Crippen LogP contribution is -2.49. The van der Waals surface area contributed by atoms with Crippen LogP contribution in [0.1, 0.15) is 39.3 Å². The standard InChI is InChI=1S/C16H22N2O3/c1-16(2,3)21-15(20)18-9-7-14(19)11-13(18)10-12-6-4-5-8-17-12/h4-6,8,13H,7,9-11H2,1-3H3. The lowest BCUT2D eigenvalue weighted by atomic mass is 9.97. The predicted octanol–water partition coefficient (Wildman–Crippen LogP) is 2.59. The van der Waals surface area contributed by atoms with E-state index < -0.39 is 5.60 Å². The van der Waals surface area contributed by atoms with Crippen LogP contribution < -0.4 is 0 Å². The number of hydrogen-bond acceptors (Lipinski definition) is 4. The second-order valence-corrected chi connectivity index (χ2v) is 6.35. The van der Waals surface area contributed by atoms with Crippen molar-refractivity contribution in [1.82, 2.24) is 9.88 Å². The van der Waals surface area contributed by atoms with Gasteiger partial charge in [-0.2, -0.15) is 0 Å². The van der Waals surface area contributed by atoms with E-state index in [1.807, 2.05) is 39.0 Å². The maximum atomic E-state index is 12.3. The zero-order valence-electron chi connectivity index (χ0n) is 12.8. The zero-order chi connectivity index (χ0) is 15.5. The van der Waals surface area contributed by atoms with Gasteiger partial charge in [0.15, 0.2) is 0 Å². The van der Waals surface area contributed by atoms with Crippen molar-refractivity contribution in [2.24, 2.45) is 0 Å². The van der Waals surface area contributed by atoms with E-state index in [2.05, 4.69) is 4.98 Å². The first-order chi connectivity index (χ1) is 9.85. The summed E-state index contributed by atoms with van der Waals surface area (Å²) in [6, 6.07) is 5.49. The van der Waals surface area contributed by atoms with Gasteiger partial charge in [-0.25, -0.2) is 4.79 Å². The smallest absolute Gasteiger partial charge is 0.410 e. The molecule has 2 rings (SSSR count). The summed E-state index contributed by atoms with van der Waals surface area (Å²) < 4.78 is 5.44. The average Bonchev–Trinajstić information content (AvgIpc) is 2.37. The third kappa shape index (κ3) is 4.55. The fourth-order valence-electron chi connectivity index (χ4n) is 2.41. The Hall–Kier alpha value is -1.91. The first kappa shape index (κ1) is 15.5. The third-order valence-electron chi connectivity index (χ3n) is 3.33. The van der Waals surface area contributed by atoms with E-state index in [0.29, 0.717) is 25.8 Å². The summed E-state index contributed by atoms with van der Waals surface area (Å²) in [5.74, 6) is 0.190. The number of hydrogen-bond donors (Lipinski definition) is 0. The molecule has 1 amide bonds. The Labute approximate surface area is 125 Å². The van der Waals surface area contributed by atoms with Crippen molar-refractivity contribution in [3.63, 3.8) is 0 Å². The van der Waals surface area contributed by atoms with Crippen molar-refractivity contribution >= 4 is 11.9 Å². The number of nitrogens with zero attached hydrogens (tertiary/aromatic N) is 2. The molecule has 0 saturated carbocycles. The van der Waals surface area contributed by atoms with Gasteiger partial charge in [-0.3, -0.25) is 9.78 Å². The van der Waals surface area contributed by atoms with Gasteiger partial charge in [-0.1, -0.05) is 6.07 Å². The van der Waals surface area contributed by atoms with Gasteiger partial charge in [0.25, 0.3) is 0 Å². The lowest BCUT2D eigenvalue weighted by Gasteiger charge is -2.36. The van der Waals surface area contributed by atoms with Crippen molar-refractivity contribution in [2.45, 2.75) is 51.7 Å². The number of Topliss-reactive ketones (excluding diaryl/α,β-unsaturated/α-hetero) is 1. The first-order valence-electron chi connectivity index (χ1n) is 7.26. The number of ketones is 1. The molecule has 0 aromatic carbocycles. The molecule has 0 radical (unpaired) electrons. The fourth-order valence-corrected chi connectivity index (χ4v) is 2.41. The molecule has 1 atom stereocenters. The first-order valence-corrected chi connectivity index (χ1v) is 7.26. The van der Waals surface area contributed by atoms with E-state index in [1.165, 1.54) is 0 Å². The van der Waals surface area contributed by atoms with Crippen LogP contribution in [0.3, 0.4) is 0 Å². The lowest BCUT2D eigenvalue weighted by molar-refractivity contribution is -0.122. The van der Waals surface area contributed by atoms with Crippen LogP contribution in [0.2, 0.25) is 0 Å². The summed E-state index contributed by atoms with van der Waals surface area (Å²) in [6.45, 7) is 5.94. The number of carbonyl (C=O) groups is 2. The molecule has 0 spiro atoms. The third-order valence-corrected chi connectivity index (χ3v) is 3.33. The molecule has 21 heavy (non-hydrogen) atoms. The normalized spacial score (nSPS) is 19.5. The van der Waals surface area contributed by atoms with E-state index >= 15 is 0 Å². The van der Waals surface area contributed by atoms with Crippen LogP contribution in [-0.2, 0) is 16.0 Å². The summed E-state index contributed by atoms with van der Waals surface area (Å²) in [7, 11) is 0. The van der Waals surface area contributed by atoms with Crippen LogP contribution >= 0.6 is 0 Å². The Balaban J connectivity index is 2.10. The molecule has 1 fully saturated rings. The molecule has 1 unspecified atom stereocenters. The topological polar surface area (TPSA) is 59.5 Å². The molecule has 2 heterocycles. The van der Waals surface area contributed by atoms with Gasteiger partial charge in [-0.15, -0.1) is 0 Å². The Morgan fingerprint density at radius 2 is 2.19 bits per heavy atom. The number of ether oxygens (including phenoxy) is 1. The molecule has 0 bridgehead atoms. The van der Waals surface area contributed by atoms with Crippen molar-refractivity contribution < 1.29 is 14.3 Å². The molecular weight excluding hydrogens is 268 g/mol. The molecule has 0 aliphatic carbocycles. The van der Waals surface area contributed by atoms with E-state index in [9.17, 15) is 9.59 Å². The highest BCUT2D eigenvalue weighted by Crippen LogP contribution is 2.21. The van der Waals surface area contributed by atoms with Crippen LogP contribution in [0, 0.1) is 0 Å². The van der Waals surface area contributed by atoms with Crippen molar-refractivity contribution in [2.75, 3.05) is 6.54 Å². The second kappa shape index (κ2) is 6.24. The largest absolute Gasteiger partial charge is 0.444 e. The molecule has 1 aliphatic heterocycles. The quantitative estimate of drug-likeness (QED) is 0.840. The Bertz CT molecular complexity index is 508. The van der Waals surface area contributed by atoms with E-state index in [0.717, 1.165) is 5.69 Å².